The Morgan fingerprint density at radius 3 is 2.70 bits per heavy atom. The highest BCUT2D eigenvalue weighted by Crippen LogP contribution is 2.40. The lowest BCUT2D eigenvalue weighted by Gasteiger charge is -2.49. The number of thioether (sulfide) groups is 1. The molecule has 0 saturated heterocycles. The van der Waals surface area contributed by atoms with Crippen molar-refractivity contribution in [1.29, 1.82) is 0 Å². The van der Waals surface area contributed by atoms with Crippen LogP contribution in [0, 0.1) is 5.41 Å². The molecule has 2 N–H and O–H groups in total. The van der Waals surface area contributed by atoms with Gasteiger partial charge in [-0.25, -0.2) is 0 Å². The van der Waals surface area contributed by atoms with E-state index in [1.807, 2.05) is 32.0 Å². The van der Waals surface area contributed by atoms with E-state index in [1.165, 1.54) is 4.90 Å². The largest absolute Gasteiger partial charge is 0.392 e. The van der Waals surface area contributed by atoms with Crippen molar-refractivity contribution in [3.8, 4) is 0 Å². The van der Waals surface area contributed by atoms with Gasteiger partial charge in [0.05, 0.1) is 6.10 Å². The Bertz CT molecular complexity index is 447. The molecule has 3 nitrogen and oxygen atoms in total. The molecule has 0 spiro atoms. The fourth-order valence-corrected chi connectivity index (χ4v) is 3.23. The molecule has 0 aromatic heterocycles. The summed E-state index contributed by atoms with van der Waals surface area (Å²) in [5, 5.41) is 12.7. The van der Waals surface area contributed by atoms with E-state index < -0.39 is 0 Å². The van der Waals surface area contributed by atoms with Crippen LogP contribution in [0.3, 0.4) is 0 Å². The minimum atomic E-state index is -0.290. The molecule has 20 heavy (non-hydrogen) atoms. The summed E-state index contributed by atoms with van der Waals surface area (Å²) >= 11 is 1.78. The Kier molecular flexibility index (Phi) is 5.11. The van der Waals surface area contributed by atoms with Crippen LogP contribution in [0.15, 0.2) is 35.2 Å². The average Bonchev–Trinajstić information content (AvgIpc) is 2.44. The van der Waals surface area contributed by atoms with Crippen molar-refractivity contribution < 1.29 is 9.90 Å². The van der Waals surface area contributed by atoms with Crippen LogP contribution >= 0.6 is 11.8 Å². The van der Waals surface area contributed by atoms with Gasteiger partial charge in [-0.05, 0) is 30.7 Å². The fourth-order valence-electron chi connectivity index (χ4n) is 2.35. The molecule has 2 atom stereocenters. The van der Waals surface area contributed by atoms with Crippen LogP contribution in [0.25, 0.3) is 0 Å². The zero-order chi connectivity index (χ0) is 14.6. The summed E-state index contributed by atoms with van der Waals surface area (Å²) < 4.78 is 0. The predicted molar refractivity (Wildman–Crippen MR) is 82.7 cm³/mol. The number of aliphatic hydroxyl groups excluding tert-OH is 1. The van der Waals surface area contributed by atoms with E-state index in [4.69, 9.17) is 0 Å². The molecule has 1 aromatic rings. The first kappa shape index (κ1) is 15.4. The van der Waals surface area contributed by atoms with Gasteiger partial charge in [-0.3, -0.25) is 4.79 Å². The lowest BCUT2D eigenvalue weighted by Crippen LogP contribution is -2.61. The van der Waals surface area contributed by atoms with Crippen LogP contribution in [0.4, 0.5) is 0 Å². The number of benzene rings is 1. The quantitative estimate of drug-likeness (QED) is 0.626. The van der Waals surface area contributed by atoms with E-state index in [0.717, 1.165) is 12.2 Å². The molecule has 110 valence electrons. The molecule has 0 bridgehead atoms. The van der Waals surface area contributed by atoms with Crippen LogP contribution < -0.4 is 5.32 Å². The number of aliphatic hydroxyl groups is 1. The summed E-state index contributed by atoms with van der Waals surface area (Å²) in [5.74, 6) is 1.05. The molecule has 1 aliphatic carbocycles. The normalized spacial score (nSPS) is 23.9. The van der Waals surface area contributed by atoms with Crippen molar-refractivity contribution in [2.24, 2.45) is 5.41 Å². The molecule has 1 fully saturated rings. The molecule has 1 aromatic carbocycles. The predicted octanol–water partition coefficient (Wildman–Crippen LogP) is 2.83. The van der Waals surface area contributed by atoms with Gasteiger partial charge < -0.3 is 10.4 Å². The standard InChI is InChI=1S/C16H23NO2S/c1-16(2)13(11-14(16)18)17-15(19)9-6-10-20-12-7-4-3-5-8-12/h3-5,7-8,13-14,18H,6,9-11H2,1-2H3,(H,17,19). The smallest absolute Gasteiger partial charge is 0.220 e. The molecule has 0 aliphatic heterocycles. The summed E-state index contributed by atoms with van der Waals surface area (Å²) in [6, 6.07) is 10.3. The molecule has 1 amide bonds. The van der Waals surface area contributed by atoms with Crippen molar-refractivity contribution >= 4 is 17.7 Å². The maximum atomic E-state index is 11.9. The van der Waals surface area contributed by atoms with Gasteiger partial charge in [-0.15, -0.1) is 11.8 Å². The molecule has 4 heteroatoms. The van der Waals surface area contributed by atoms with Gasteiger partial charge in [0.15, 0.2) is 0 Å². The summed E-state index contributed by atoms with van der Waals surface area (Å²) in [6.45, 7) is 3.99. The number of hydrogen-bond acceptors (Lipinski definition) is 3. The molecule has 1 saturated carbocycles. The number of hydrogen-bond donors (Lipinski definition) is 2. The van der Waals surface area contributed by atoms with Crippen molar-refractivity contribution in [2.45, 2.75) is 50.2 Å². The van der Waals surface area contributed by atoms with Crippen molar-refractivity contribution in [3.63, 3.8) is 0 Å². The number of amides is 1. The average molecular weight is 293 g/mol. The Balaban J connectivity index is 1.62. The minimum absolute atomic E-state index is 0.101. The molecular formula is C16H23NO2S. The second-order valence-corrected chi connectivity index (χ2v) is 7.13. The number of rotatable bonds is 6. The Hall–Kier alpha value is -1.00. The SMILES string of the molecule is CC1(C)C(O)CC1NC(=O)CCCSc1ccccc1. The molecule has 2 rings (SSSR count). The van der Waals surface area contributed by atoms with Crippen LogP contribution in [-0.2, 0) is 4.79 Å². The first-order valence-electron chi connectivity index (χ1n) is 7.15. The zero-order valence-electron chi connectivity index (χ0n) is 12.1. The first-order valence-corrected chi connectivity index (χ1v) is 8.14. The first-order chi connectivity index (χ1) is 9.50. The van der Waals surface area contributed by atoms with Crippen molar-refractivity contribution in [1.82, 2.24) is 5.32 Å². The van der Waals surface area contributed by atoms with Gasteiger partial charge >= 0.3 is 0 Å². The van der Waals surface area contributed by atoms with E-state index in [1.54, 1.807) is 11.8 Å². The van der Waals surface area contributed by atoms with Crippen LogP contribution in [0.5, 0.6) is 0 Å². The highest BCUT2D eigenvalue weighted by molar-refractivity contribution is 7.99. The summed E-state index contributed by atoms with van der Waals surface area (Å²) in [7, 11) is 0. The Morgan fingerprint density at radius 2 is 2.10 bits per heavy atom. The highest BCUT2D eigenvalue weighted by atomic mass is 32.2. The summed E-state index contributed by atoms with van der Waals surface area (Å²) in [5.41, 5.74) is -0.186. The number of nitrogens with one attached hydrogen (secondary N) is 1. The van der Waals surface area contributed by atoms with Gasteiger partial charge in [0.25, 0.3) is 0 Å². The van der Waals surface area contributed by atoms with E-state index in [9.17, 15) is 9.90 Å². The van der Waals surface area contributed by atoms with E-state index >= 15 is 0 Å². The van der Waals surface area contributed by atoms with Crippen molar-refractivity contribution in [3.05, 3.63) is 30.3 Å². The number of carbonyl (C=O) groups excluding carboxylic acids is 1. The summed E-state index contributed by atoms with van der Waals surface area (Å²) in [6.07, 6.45) is 1.82. The topological polar surface area (TPSA) is 49.3 Å². The van der Waals surface area contributed by atoms with E-state index in [2.05, 4.69) is 17.4 Å². The Morgan fingerprint density at radius 1 is 1.40 bits per heavy atom. The maximum Gasteiger partial charge on any atom is 0.220 e. The van der Waals surface area contributed by atoms with Crippen LogP contribution in [0.2, 0.25) is 0 Å². The third kappa shape index (κ3) is 3.76. The lowest BCUT2D eigenvalue weighted by molar-refractivity contribution is -0.129. The van der Waals surface area contributed by atoms with Gasteiger partial charge in [0, 0.05) is 22.8 Å². The second-order valence-electron chi connectivity index (χ2n) is 5.96. The molecule has 2 unspecified atom stereocenters. The third-order valence-corrected chi connectivity index (χ3v) is 5.21. The third-order valence-electron chi connectivity index (χ3n) is 4.11. The molecular weight excluding hydrogens is 270 g/mol. The molecule has 0 heterocycles. The van der Waals surface area contributed by atoms with Crippen LogP contribution in [0.1, 0.15) is 33.1 Å². The second kappa shape index (κ2) is 6.64. The van der Waals surface area contributed by atoms with Gasteiger partial charge in [0.2, 0.25) is 5.91 Å². The zero-order valence-corrected chi connectivity index (χ0v) is 13.0. The summed E-state index contributed by atoms with van der Waals surface area (Å²) in [4.78, 5) is 13.1. The minimum Gasteiger partial charge on any atom is -0.392 e. The lowest BCUT2D eigenvalue weighted by atomic mass is 9.64. The van der Waals surface area contributed by atoms with Crippen molar-refractivity contribution in [2.75, 3.05) is 5.75 Å². The van der Waals surface area contributed by atoms with E-state index in [-0.39, 0.29) is 23.5 Å². The van der Waals surface area contributed by atoms with Gasteiger partial charge in [-0.2, -0.15) is 0 Å². The molecule has 1 aliphatic rings. The van der Waals surface area contributed by atoms with Crippen LogP contribution in [-0.4, -0.2) is 28.9 Å². The monoisotopic (exact) mass is 293 g/mol. The van der Waals surface area contributed by atoms with Gasteiger partial charge in [-0.1, -0.05) is 32.0 Å². The number of carbonyl (C=O) groups is 1. The fraction of sp³-hybridized carbons (Fsp3) is 0.562. The highest BCUT2D eigenvalue weighted by Gasteiger charge is 2.47. The Labute approximate surface area is 125 Å². The molecule has 0 radical (unpaired) electrons. The van der Waals surface area contributed by atoms with E-state index in [0.29, 0.717) is 12.8 Å². The van der Waals surface area contributed by atoms with Gasteiger partial charge in [0.1, 0.15) is 0 Å². The maximum absolute atomic E-state index is 11.9.